The van der Waals surface area contributed by atoms with Gasteiger partial charge < -0.3 is 0 Å². The van der Waals surface area contributed by atoms with Crippen molar-refractivity contribution < 1.29 is 0 Å². The van der Waals surface area contributed by atoms with Gasteiger partial charge in [0.15, 0.2) is 17.5 Å². The van der Waals surface area contributed by atoms with Crippen molar-refractivity contribution in [2.45, 2.75) is 0 Å². The van der Waals surface area contributed by atoms with Crippen molar-refractivity contribution in [3.05, 3.63) is 152 Å². The summed E-state index contributed by atoms with van der Waals surface area (Å²) >= 11 is 1.84. The Morgan fingerprint density at radius 2 is 0.767 bits per heavy atom. The van der Waals surface area contributed by atoms with E-state index in [4.69, 9.17) is 15.0 Å². The minimum Gasteiger partial charge on any atom is -0.208 e. The molecule has 43 heavy (non-hydrogen) atoms. The van der Waals surface area contributed by atoms with Gasteiger partial charge in [-0.3, -0.25) is 0 Å². The van der Waals surface area contributed by atoms with Gasteiger partial charge in [-0.25, -0.2) is 15.0 Å². The average molecular weight is 568 g/mol. The zero-order valence-corrected chi connectivity index (χ0v) is 24.0. The van der Waals surface area contributed by atoms with Crippen molar-refractivity contribution in [2.24, 2.45) is 0 Å². The predicted molar refractivity (Wildman–Crippen MR) is 180 cm³/mol. The van der Waals surface area contributed by atoms with Crippen LogP contribution >= 0.6 is 11.3 Å². The summed E-state index contributed by atoms with van der Waals surface area (Å²) in [5.74, 6) is 1.96. The standard InChI is InChI=1S/C39H25N3S/c1-4-12-26(13-5-1)30-22-31(29-20-21-36-34(25-29)33-18-10-11-19-35(33)43-36)24-32(23-30)39-41-37(27-14-6-2-7-15-27)40-38(42-39)28-16-8-3-9-17-28/h1-25H. The summed E-state index contributed by atoms with van der Waals surface area (Å²) in [6.07, 6.45) is 0. The van der Waals surface area contributed by atoms with Crippen molar-refractivity contribution in [3.63, 3.8) is 0 Å². The summed E-state index contributed by atoms with van der Waals surface area (Å²) in [5.41, 5.74) is 7.41. The lowest BCUT2D eigenvalue weighted by Crippen LogP contribution is -2.00. The van der Waals surface area contributed by atoms with Crippen molar-refractivity contribution >= 4 is 31.5 Å². The third-order valence-corrected chi connectivity index (χ3v) is 8.86. The second-order valence-corrected chi connectivity index (χ2v) is 11.6. The van der Waals surface area contributed by atoms with Crippen LogP contribution in [0.5, 0.6) is 0 Å². The van der Waals surface area contributed by atoms with Gasteiger partial charge in [-0.2, -0.15) is 0 Å². The Hall–Kier alpha value is -5.45. The molecule has 6 aromatic carbocycles. The molecule has 0 amide bonds. The number of fused-ring (bicyclic) bond motifs is 3. The molecule has 0 fully saturated rings. The summed E-state index contributed by atoms with van der Waals surface area (Å²) in [5, 5.41) is 2.57. The summed E-state index contributed by atoms with van der Waals surface area (Å²) in [7, 11) is 0. The molecular formula is C39H25N3S. The number of rotatable bonds is 5. The van der Waals surface area contributed by atoms with E-state index in [2.05, 4.69) is 84.9 Å². The fourth-order valence-electron chi connectivity index (χ4n) is 5.56. The molecule has 0 radical (unpaired) electrons. The van der Waals surface area contributed by atoms with Crippen LogP contribution in [-0.4, -0.2) is 15.0 Å². The number of benzene rings is 6. The van der Waals surface area contributed by atoms with Crippen molar-refractivity contribution in [1.82, 2.24) is 15.0 Å². The van der Waals surface area contributed by atoms with Crippen LogP contribution in [-0.2, 0) is 0 Å². The van der Waals surface area contributed by atoms with Crippen LogP contribution in [0.3, 0.4) is 0 Å². The molecule has 0 spiro atoms. The third kappa shape index (κ3) is 4.88. The number of nitrogens with zero attached hydrogens (tertiary/aromatic N) is 3. The van der Waals surface area contributed by atoms with Gasteiger partial charge in [0.25, 0.3) is 0 Å². The highest BCUT2D eigenvalue weighted by molar-refractivity contribution is 7.25. The van der Waals surface area contributed by atoms with Crippen LogP contribution in [0, 0.1) is 0 Å². The Labute approximate surface area is 253 Å². The van der Waals surface area contributed by atoms with E-state index >= 15 is 0 Å². The first-order valence-corrected chi connectivity index (χ1v) is 15.1. The van der Waals surface area contributed by atoms with E-state index in [1.165, 1.54) is 20.2 Å². The van der Waals surface area contributed by atoms with Crippen LogP contribution in [0.4, 0.5) is 0 Å². The highest BCUT2D eigenvalue weighted by atomic mass is 32.1. The molecule has 0 aliphatic carbocycles. The van der Waals surface area contributed by atoms with Gasteiger partial charge in [0.05, 0.1) is 0 Å². The van der Waals surface area contributed by atoms with E-state index in [0.717, 1.165) is 38.9 Å². The van der Waals surface area contributed by atoms with Gasteiger partial charge in [0.2, 0.25) is 0 Å². The molecule has 0 unspecified atom stereocenters. The lowest BCUT2D eigenvalue weighted by Gasteiger charge is -2.12. The topological polar surface area (TPSA) is 38.7 Å². The first-order valence-electron chi connectivity index (χ1n) is 14.3. The van der Waals surface area contributed by atoms with Crippen LogP contribution in [0.15, 0.2) is 152 Å². The Morgan fingerprint density at radius 1 is 0.302 bits per heavy atom. The maximum atomic E-state index is 5.03. The van der Waals surface area contributed by atoms with Crippen LogP contribution in [0.25, 0.3) is 76.6 Å². The normalized spacial score (nSPS) is 11.3. The maximum Gasteiger partial charge on any atom is 0.164 e. The molecule has 0 bridgehead atoms. The average Bonchev–Trinajstić information content (AvgIpc) is 3.47. The molecule has 8 aromatic rings. The molecule has 0 N–H and O–H groups in total. The number of aromatic nitrogens is 3. The van der Waals surface area contributed by atoms with E-state index in [0.29, 0.717) is 17.5 Å². The van der Waals surface area contributed by atoms with Crippen molar-refractivity contribution in [1.29, 1.82) is 0 Å². The molecule has 2 aromatic heterocycles. The number of thiophene rings is 1. The molecule has 0 atom stereocenters. The minimum absolute atomic E-state index is 0.647. The minimum atomic E-state index is 0.647. The summed E-state index contributed by atoms with van der Waals surface area (Å²) in [4.78, 5) is 15.0. The molecule has 0 aliphatic heterocycles. The van der Waals surface area contributed by atoms with Crippen LogP contribution < -0.4 is 0 Å². The molecule has 0 aliphatic rings. The highest BCUT2D eigenvalue weighted by Crippen LogP contribution is 2.38. The second-order valence-electron chi connectivity index (χ2n) is 10.5. The van der Waals surface area contributed by atoms with E-state index in [1.807, 2.05) is 78.1 Å². The van der Waals surface area contributed by atoms with E-state index in [9.17, 15) is 0 Å². The van der Waals surface area contributed by atoms with E-state index in [1.54, 1.807) is 0 Å². The van der Waals surface area contributed by atoms with E-state index < -0.39 is 0 Å². The highest BCUT2D eigenvalue weighted by Gasteiger charge is 2.15. The van der Waals surface area contributed by atoms with Crippen LogP contribution in [0.2, 0.25) is 0 Å². The van der Waals surface area contributed by atoms with Crippen LogP contribution in [0.1, 0.15) is 0 Å². The number of hydrogen-bond donors (Lipinski definition) is 0. The Balaban J connectivity index is 1.35. The van der Waals surface area contributed by atoms with Gasteiger partial charge in [0.1, 0.15) is 0 Å². The van der Waals surface area contributed by atoms with Gasteiger partial charge in [-0.05, 0) is 58.7 Å². The molecule has 2 heterocycles. The Morgan fingerprint density at radius 3 is 1.40 bits per heavy atom. The predicted octanol–water partition coefficient (Wildman–Crippen LogP) is 10.6. The first kappa shape index (κ1) is 25.3. The second kappa shape index (κ2) is 10.8. The summed E-state index contributed by atoms with van der Waals surface area (Å²) in [6.45, 7) is 0. The van der Waals surface area contributed by atoms with Gasteiger partial charge in [0, 0.05) is 36.9 Å². The van der Waals surface area contributed by atoms with Gasteiger partial charge >= 0.3 is 0 Å². The Kier molecular flexibility index (Phi) is 6.32. The van der Waals surface area contributed by atoms with Crippen molar-refractivity contribution in [3.8, 4) is 56.4 Å². The third-order valence-electron chi connectivity index (χ3n) is 7.71. The lowest BCUT2D eigenvalue weighted by atomic mass is 9.95. The zero-order valence-electron chi connectivity index (χ0n) is 23.2. The first-order chi connectivity index (χ1) is 21.3. The quantitative estimate of drug-likeness (QED) is 0.208. The number of hydrogen-bond acceptors (Lipinski definition) is 4. The summed E-state index contributed by atoms with van der Waals surface area (Å²) < 4.78 is 2.60. The molecule has 8 rings (SSSR count). The largest absolute Gasteiger partial charge is 0.208 e. The molecule has 0 saturated carbocycles. The lowest BCUT2D eigenvalue weighted by molar-refractivity contribution is 1.07. The van der Waals surface area contributed by atoms with Gasteiger partial charge in [-0.15, -0.1) is 11.3 Å². The molecule has 0 saturated heterocycles. The van der Waals surface area contributed by atoms with Gasteiger partial charge in [-0.1, -0.05) is 115 Å². The van der Waals surface area contributed by atoms with E-state index in [-0.39, 0.29) is 0 Å². The fraction of sp³-hybridized carbons (Fsp3) is 0. The molecule has 4 heteroatoms. The Bertz CT molecular complexity index is 2170. The molecule has 3 nitrogen and oxygen atoms in total. The van der Waals surface area contributed by atoms with Crippen molar-refractivity contribution in [2.75, 3.05) is 0 Å². The maximum absolute atomic E-state index is 5.03. The smallest absolute Gasteiger partial charge is 0.164 e. The molecule has 202 valence electrons. The summed E-state index contributed by atoms with van der Waals surface area (Å²) in [6, 6.07) is 52.8. The fourth-order valence-corrected chi connectivity index (χ4v) is 6.65. The monoisotopic (exact) mass is 567 g/mol. The molecular weight excluding hydrogens is 543 g/mol. The SMILES string of the molecule is c1ccc(-c2cc(-c3ccc4sc5ccccc5c4c3)cc(-c3nc(-c4ccccc4)nc(-c4ccccc4)n3)c2)cc1. The zero-order chi connectivity index (χ0) is 28.6.